The first-order chi connectivity index (χ1) is 8.56. The van der Waals surface area contributed by atoms with Gasteiger partial charge in [-0.25, -0.2) is 0 Å². The van der Waals surface area contributed by atoms with Crippen LogP contribution >= 0.6 is 0 Å². The van der Waals surface area contributed by atoms with Crippen molar-refractivity contribution in [2.24, 2.45) is 11.7 Å². The van der Waals surface area contributed by atoms with Gasteiger partial charge in [0.15, 0.2) is 0 Å². The molecule has 18 heavy (non-hydrogen) atoms. The highest BCUT2D eigenvalue weighted by Gasteiger charge is 2.34. The molecule has 0 spiro atoms. The van der Waals surface area contributed by atoms with Crippen LogP contribution in [0.3, 0.4) is 0 Å². The SMILES string of the molecule is CCN(CC)C(=O)C(C)N1CCCC(C)C1CN. The molecule has 106 valence electrons. The van der Waals surface area contributed by atoms with Gasteiger partial charge < -0.3 is 10.6 Å². The van der Waals surface area contributed by atoms with Crippen LogP contribution in [0.4, 0.5) is 0 Å². The largest absolute Gasteiger partial charge is 0.342 e. The number of hydrogen-bond donors (Lipinski definition) is 1. The van der Waals surface area contributed by atoms with Crippen molar-refractivity contribution >= 4 is 5.91 Å². The second-order valence-electron chi connectivity index (χ2n) is 5.35. The minimum absolute atomic E-state index is 0.0406. The third-order valence-electron chi connectivity index (χ3n) is 4.33. The molecule has 0 aromatic heterocycles. The van der Waals surface area contributed by atoms with Crippen molar-refractivity contribution in [1.29, 1.82) is 0 Å². The lowest BCUT2D eigenvalue weighted by Crippen LogP contribution is -2.57. The number of carbonyl (C=O) groups is 1. The van der Waals surface area contributed by atoms with Crippen LogP contribution in [-0.4, -0.2) is 54.0 Å². The number of amides is 1. The van der Waals surface area contributed by atoms with Gasteiger partial charge in [-0.15, -0.1) is 0 Å². The van der Waals surface area contributed by atoms with Crippen molar-refractivity contribution in [2.75, 3.05) is 26.2 Å². The zero-order chi connectivity index (χ0) is 13.7. The summed E-state index contributed by atoms with van der Waals surface area (Å²) in [6.45, 7) is 11.6. The number of nitrogens with two attached hydrogens (primary N) is 1. The molecule has 4 heteroatoms. The molecular formula is C14H29N3O. The Kier molecular flexibility index (Phi) is 6.09. The van der Waals surface area contributed by atoms with Crippen LogP contribution in [0.1, 0.15) is 40.5 Å². The molecule has 0 radical (unpaired) electrons. The van der Waals surface area contributed by atoms with Crippen molar-refractivity contribution in [1.82, 2.24) is 9.80 Å². The van der Waals surface area contributed by atoms with Crippen LogP contribution in [0.5, 0.6) is 0 Å². The number of nitrogens with zero attached hydrogens (tertiary/aromatic N) is 2. The van der Waals surface area contributed by atoms with Crippen LogP contribution in [0.2, 0.25) is 0 Å². The van der Waals surface area contributed by atoms with Crippen LogP contribution in [0.15, 0.2) is 0 Å². The number of likely N-dealkylation sites (tertiary alicyclic amines) is 1. The minimum Gasteiger partial charge on any atom is -0.342 e. The highest BCUT2D eigenvalue weighted by atomic mass is 16.2. The minimum atomic E-state index is -0.0406. The smallest absolute Gasteiger partial charge is 0.239 e. The normalized spacial score (nSPS) is 26.9. The average Bonchev–Trinajstić information content (AvgIpc) is 2.38. The summed E-state index contributed by atoms with van der Waals surface area (Å²) in [4.78, 5) is 16.6. The quantitative estimate of drug-likeness (QED) is 0.805. The van der Waals surface area contributed by atoms with Crippen molar-refractivity contribution in [3.63, 3.8) is 0 Å². The van der Waals surface area contributed by atoms with Gasteiger partial charge in [0, 0.05) is 25.7 Å². The van der Waals surface area contributed by atoms with Crippen molar-refractivity contribution in [3.05, 3.63) is 0 Å². The van der Waals surface area contributed by atoms with E-state index < -0.39 is 0 Å². The number of carbonyl (C=O) groups excluding carboxylic acids is 1. The van der Waals surface area contributed by atoms with E-state index in [4.69, 9.17) is 5.73 Å². The summed E-state index contributed by atoms with van der Waals surface area (Å²) in [7, 11) is 0. The first kappa shape index (κ1) is 15.4. The van der Waals surface area contributed by atoms with E-state index >= 15 is 0 Å². The molecule has 2 N–H and O–H groups in total. The second kappa shape index (κ2) is 7.10. The van der Waals surface area contributed by atoms with Gasteiger partial charge in [0.1, 0.15) is 0 Å². The molecular weight excluding hydrogens is 226 g/mol. The van der Waals surface area contributed by atoms with Crippen LogP contribution in [0, 0.1) is 5.92 Å². The Bertz CT molecular complexity index is 266. The molecule has 1 aliphatic rings. The molecule has 4 nitrogen and oxygen atoms in total. The third kappa shape index (κ3) is 3.23. The maximum Gasteiger partial charge on any atom is 0.239 e. The Hall–Kier alpha value is -0.610. The second-order valence-corrected chi connectivity index (χ2v) is 5.35. The number of likely N-dealkylation sites (N-methyl/N-ethyl adjacent to an activating group) is 1. The van der Waals surface area contributed by atoms with E-state index in [1.165, 1.54) is 12.8 Å². The monoisotopic (exact) mass is 255 g/mol. The van der Waals surface area contributed by atoms with Crippen molar-refractivity contribution < 1.29 is 4.79 Å². The molecule has 1 saturated heterocycles. The lowest BCUT2D eigenvalue weighted by atomic mass is 9.89. The average molecular weight is 255 g/mol. The first-order valence-electron chi connectivity index (χ1n) is 7.31. The standard InChI is InChI=1S/C14H29N3O/c1-5-16(6-2)14(18)12(4)17-9-7-8-11(3)13(17)10-15/h11-13H,5-10,15H2,1-4H3. The fourth-order valence-electron chi connectivity index (χ4n) is 3.07. The van der Waals surface area contributed by atoms with E-state index in [0.29, 0.717) is 18.5 Å². The fourth-order valence-corrected chi connectivity index (χ4v) is 3.07. The molecule has 1 aliphatic heterocycles. The summed E-state index contributed by atoms with van der Waals surface area (Å²) < 4.78 is 0. The van der Waals surface area contributed by atoms with Gasteiger partial charge in [0.2, 0.25) is 5.91 Å². The molecule has 0 bridgehead atoms. The fraction of sp³-hybridized carbons (Fsp3) is 0.929. The van der Waals surface area contributed by atoms with E-state index in [9.17, 15) is 4.79 Å². The van der Waals surface area contributed by atoms with Crippen LogP contribution in [-0.2, 0) is 4.79 Å². The first-order valence-corrected chi connectivity index (χ1v) is 7.31. The lowest BCUT2D eigenvalue weighted by Gasteiger charge is -2.43. The van der Waals surface area contributed by atoms with Crippen molar-refractivity contribution in [2.45, 2.75) is 52.6 Å². The Balaban J connectivity index is 2.74. The zero-order valence-corrected chi connectivity index (χ0v) is 12.4. The highest BCUT2D eigenvalue weighted by Crippen LogP contribution is 2.25. The van der Waals surface area contributed by atoms with E-state index in [1.54, 1.807) is 0 Å². The molecule has 0 aromatic rings. The van der Waals surface area contributed by atoms with Crippen molar-refractivity contribution in [3.8, 4) is 0 Å². The molecule has 1 fully saturated rings. The Morgan fingerprint density at radius 3 is 2.56 bits per heavy atom. The summed E-state index contributed by atoms with van der Waals surface area (Å²) in [6.07, 6.45) is 2.40. The van der Waals surface area contributed by atoms with Crippen LogP contribution in [0.25, 0.3) is 0 Å². The maximum absolute atomic E-state index is 12.4. The summed E-state index contributed by atoms with van der Waals surface area (Å²) >= 11 is 0. The van der Waals surface area contributed by atoms with Gasteiger partial charge in [-0.2, -0.15) is 0 Å². The van der Waals surface area contributed by atoms with Gasteiger partial charge in [0.25, 0.3) is 0 Å². The van der Waals surface area contributed by atoms with Gasteiger partial charge >= 0.3 is 0 Å². The molecule has 1 heterocycles. The Morgan fingerprint density at radius 2 is 2.06 bits per heavy atom. The number of hydrogen-bond acceptors (Lipinski definition) is 3. The molecule has 0 aliphatic carbocycles. The van der Waals surface area contributed by atoms with E-state index in [0.717, 1.165) is 19.6 Å². The Labute approximate surface area is 111 Å². The van der Waals surface area contributed by atoms with Gasteiger partial charge in [-0.05, 0) is 46.1 Å². The molecule has 3 unspecified atom stereocenters. The zero-order valence-electron chi connectivity index (χ0n) is 12.4. The number of rotatable bonds is 5. The molecule has 3 atom stereocenters. The van der Waals surface area contributed by atoms with E-state index in [1.807, 2.05) is 25.7 Å². The molecule has 0 saturated carbocycles. The van der Waals surface area contributed by atoms with E-state index in [2.05, 4.69) is 11.8 Å². The third-order valence-corrected chi connectivity index (χ3v) is 4.33. The summed E-state index contributed by atoms with van der Waals surface area (Å²) in [5.41, 5.74) is 5.90. The van der Waals surface area contributed by atoms with Gasteiger partial charge in [0.05, 0.1) is 6.04 Å². The predicted octanol–water partition coefficient (Wildman–Crippen LogP) is 1.30. The van der Waals surface area contributed by atoms with Gasteiger partial charge in [-0.1, -0.05) is 6.92 Å². The molecule has 1 amide bonds. The number of piperidine rings is 1. The van der Waals surface area contributed by atoms with Gasteiger partial charge in [-0.3, -0.25) is 9.69 Å². The Morgan fingerprint density at radius 1 is 1.44 bits per heavy atom. The maximum atomic E-state index is 12.4. The molecule has 0 aromatic carbocycles. The summed E-state index contributed by atoms with van der Waals surface area (Å²) in [5, 5.41) is 0. The van der Waals surface area contributed by atoms with E-state index in [-0.39, 0.29) is 11.9 Å². The topological polar surface area (TPSA) is 49.6 Å². The summed E-state index contributed by atoms with van der Waals surface area (Å²) in [6, 6.07) is 0.314. The lowest BCUT2D eigenvalue weighted by molar-refractivity contribution is -0.138. The van der Waals surface area contributed by atoms with Crippen LogP contribution < -0.4 is 5.73 Å². The predicted molar refractivity (Wildman–Crippen MR) is 75.3 cm³/mol. The molecule has 1 rings (SSSR count). The highest BCUT2D eigenvalue weighted by molar-refractivity contribution is 5.81. The summed E-state index contributed by atoms with van der Waals surface area (Å²) in [5.74, 6) is 0.836.